The Morgan fingerprint density at radius 2 is 0.917 bits per heavy atom. The van der Waals surface area contributed by atoms with Crippen molar-refractivity contribution >= 4 is 16.6 Å². The second kappa shape index (κ2) is 8.28. The van der Waals surface area contributed by atoms with Crippen molar-refractivity contribution in [2.24, 2.45) is 0 Å². The molecule has 5 nitrogen and oxygen atoms in total. The number of hydrogen-bond acceptors (Lipinski definition) is 5. The minimum Gasteiger partial charge on any atom is -0.414 e. The van der Waals surface area contributed by atoms with Crippen LogP contribution in [0.5, 0.6) is 0 Å². The normalized spacial score (nSPS) is 18.4. The van der Waals surface area contributed by atoms with E-state index < -0.39 is 34.9 Å². The predicted octanol–water partition coefficient (Wildman–Crippen LogP) is 3.11. The van der Waals surface area contributed by atoms with Crippen LogP contribution in [0.4, 0.5) is 0 Å². The van der Waals surface area contributed by atoms with E-state index in [1.54, 1.807) is 0 Å². The Hall–Kier alpha value is 0.234. The van der Waals surface area contributed by atoms with Gasteiger partial charge >= 0.3 is 0 Å². The third-order valence-electron chi connectivity index (χ3n) is 5.63. The highest BCUT2D eigenvalue weighted by molar-refractivity contribution is 6.74. The molecule has 0 aliphatic heterocycles. The van der Waals surface area contributed by atoms with E-state index >= 15 is 0 Å². The lowest BCUT2D eigenvalue weighted by atomic mass is 10.1. The highest BCUT2D eigenvalue weighted by Crippen LogP contribution is 2.37. The molecule has 24 heavy (non-hydrogen) atoms. The first kappa shape index (κ1) is 24.2. The molecule has 0 spiro atoms. The third kappa shape index (κ3) is 6.86. The summed E-state index contributed by atoms with van der Waals surface area (Å²) < 4.78 is 11.8. The SMILES string of the molecule is CC(C)(C)[Si](C)(C)OCC(O)C(O)C(O)CO[Si](C)(C)C(C)(C)C. The van der Waals surface area contributed by atoms with Crippen LogP contribution in [-0.4, -0.2) is 63.5 Å². The van der Waals surface area contributed by atoms with Crippen LogP contribution in [0.15, 0.2) is 0 Å². The van der Waals surface area contributed by atoms with E-state index in [1.807, 2.05) is 0 Å². The quantitative estimate of drug-likeness (QED) is 0.564. The van der Waals surface area contributed by atoms with Crippen LogP contribution in [0.2, 0.25) is 36.3 Å². The van der Waals surface area contributed by atoms with Gasteiger partial charge in [-0.3, -0.25) is 0 Å². The molecule has 146 valence electrons. The molecule has 0 aliphatic rings. The highest BCUT2D eigenvalue weighted by Gasteiger charge is 2.40. The van der Waals surface area contributed by atoms with Gasteiger partial charge < -0.3 is 24.2 Å². The van der Waals surface area contributed by atoms with Crippen molar-refractivity contribution in [2.75, 3.05) is 13.2 Å². The first-order valence-electron chi connectivity index (χ1n) is 8.74. The number of hydrogen-bond donors (Lipinski definition) is 3. The second-order valence-electron chi connectivity index (χ2n) is 9.77. The Labute approximate surface area is 150 Å². The molecule has 0 aliphatic carbocycles. The standard InChI is InChI=1S/C17H40O5Si2/c1-16(2,3)23(7,8)21-11-13(18)15(20)14(19)12-22-24(9,10)17(4,5)6/h13-15,18-20H,11-12H2,1-10H3. The average Bonchev–Trinajstić information content (AvgIpc) is 2.38. The van der Waals surface area contributed by atoms with Gasteiger partial charge in [-0.05, 0) is 36.3 Å². The summed E-state index contributed by atoms with van der Waals surface area (Å²) in [6.45, 7) is 21.1. The van der Waals surface area contributed by atoms with Crippen LogP contribution >= 0.6 is 0 Å². The van der Waals surface area contributed by atoms with Crippen molar-refractivity contribution in [3.8, 4) is 0 Å². The highest BCUT2D eigenvalue weighted by atomic mass is 28.4. The van der Waals surface area contributed by atoms with E-state index in [-0.39, 0.29) is 23.3 Å². The van der Waals surface area contributed by atoms with Gasteiger partial charge in [0.15, 0.2) is 16.6 Å². The zero-order chi connectivity index (χ0) is 19.6. The molecule has 0 fully saturated rings. The molecule has 3 N–H and O–H groups in total. The van der Waals surface area contributed by atoms with Crippen molar-refractivity contribution in [2.45, 2.75) is 96.1 Å². The molecule has 0 saturated carbocycles. The molecular weight excluding hydrogens is 340 g/mol. The van der Waals surface area contributed by atoms with Gasteiger partial charge in [0.2, 0.25) is 0 Å². The lowest BCUT2D eigenvalue weighted by Gasteiger charge is -2.38. The average molecular weight is 381 g/mol. The Morgan fingerprint density at radius 3 is 1.12 bits per heavy atom. The zero-order valence-corrected chi connectivity index (χ0v) is 19.3. The summed E-state index contributed by atoms with van der Waals surface area (Å²) in [6.07, 6.45) is -3.53. The molecule has 0 aromatic carbocycles. The number of rotatable bonds is 8. The van der Waals surface area contributed by atoms with Crippen LogP contribution in [0.3, 0.4) is 0 Å². The predicted molar refractivity (Wildman–Crippen MR) is 104 cm³/mol. The Morgan fingerprint density at radius 1 is 0.667 bits per heavy atom. The fourth-order valence-corrected chi connectivity index (χ4v) is 3.51. The van der Waals surface area contributed by atoms with Crippen LogP contribution in [0.1, 0.15) is 41.5 Å². The largest absolute Gasteiger partial charge is 0.414 e. The molecule has 0 amide bonds. The van der Waals surface area contributed by atoms with E-state index in [1.165, 1.54) is 0 Å². The third-order valence-corrected chi connectivity index (χ3v) is 14.6. The molecule has 0 bridgehead atoms. The first-order chi connectivity index (χ1) is 10.4. The molecule has 2 atom stereocenters. The molecular formula is C17H40O5Si2. The monoisotopic (exact) mass is 380 g/mol. The van der Waals surface area contributed by atoms with Gasteiger partial charge in [0.25, 0.3) is 0 Å². The summed E-state index contributed by atoms with van der Waals surface area (Å²) in [7, 11) is -4.00. The van der Waals surface area contributed by atoms with E-state index in [9.17, 15) is 15.3 Å². The van der Waals surface area contributed by atoms with Gasteiger partial charge in [0.1, 0.15) is 18.3 Å². The fraction of sp³-hybridized carbons (Fsp3) is 1.00. The lowest BCUT2D eigenvalue weighted by Crippen LogP contribution is -2.49. The molecule has 0 aromatic rings. The van der Waals surface area contributed by atoms with Gasteiger partial charge in [-0.1, -0.05) is 41.5 Å². The maximum atomic E-state index is 10.2. The van der Waals surface area contributed by atoms with Crippen molar-refractivity contribution in [3.05, 3.63) is 0 Å². The Kier molecular flexibility index (Phi) is 8.37. The van der Waals surface area contributed by atoms with Crippen molar-refractivity contribution < 1.29 is 24.2 Å². The molecule has 0 radical (unpaired) electrons. The maximum absolute atomic E-state index is 10.2. The minimum atomic E-state index is -2.00. The molecule has 7 heteroatoms. The summed E-state index contributed by atoms with van der Waals surface area (Å²) >= 11 is 0. The number of aliphatic hydroxyl groups excluding tert-OH is 3. The first-order valence-corrected chi connectivity index (χ1v) is 14.6. The summed E-state index contributed by atoms with van der Waals surface area (Å²) in [6, 6.07) is 0. The Bertz CT molecular complexity index is 349. The summed E-state index contributed by atoms with van der Waals surface area (Å²) in [5, 5.41) is 30.5. The van der Waals surface area contributed by atoms with Crippen LogP contribution < -0.4 is 0 Å². The number of aliphatic hydroxyl groups is 3. The van der Waals surface area contributed by atoms with Gasteiger partial charge in [0, 0.05) is 0 Å². The molecule has 2 unspecified atom stereocenters. The summed E-state index contributed by atoms with van der Waals surface area (Å²) in [4.78, 5) is 0. The molecule has 0 saturated heterocycles. The van der Waals surface area contributed by atoms with E-state index in [0.29, 0.717) is 0 Å². The Balaban J connectivity index is 4.56. The van der Waals surface area contributed by atoms with Gasteiger partial charge in [-0.2, -0.15) is 0 Å². The topological polar surface area (TPSA) is 79.2 Å². The van der Waals surface area contributed by atoms with Crippen LogP contribution in [-0.2, 0) is 8.85 Å². The van der Waals surface area contributed by atoms with Crippen LogP contribution in [0.25, 0.3) is 0 Å². The summed E-state index contributed by atoms with van der Waals surface area (Å²) in [5.74, 6) is 0. The molecule has 0 rings (SSSR count). The zero-order valence-electron chi connectivity index (χ0n) is 17.3. The van der Waals surface area contributed by atoms with E-state index in [0.717, 1.165) is 0 Å². The van der Waals surface area contributed by atoms with Gasteiger partial charge in [0.05, 0.1) is 13.2 Å². The molecule has 0 heterocycles. The fourth-order valence-electron chi connectivity index (χ4n) is 1.47. The summed E-state index contributed by atoms with van der Waals surface area (Å²) in [5.41, 5.74) is 0. The van der Waals surface area contributed by atoms with Gasteiger partial charge in [-0.15, -0.1) is 0 Å². The second-order valence-corrected chi connectivity index (χ2v) is 19.4. The van der Waals surface area contributed by atoms with E-state index in [4.69, 9.17) is 8.85 Å². The van der Waals surface area contributed by atoms with Crippen molar-refractivity contribution in [1.82, 2.24) is 0 Å². The van der Waals surface area contributed by atoms with Crippen LogP contribution in [0, 0.1) is 0 Å². The smallest absolute Gasteiger partial charge is 0.192 e. The van der Waals surface area contributed by atoms with Crippen molar-refractivity contribution in [3.63, 3.8) is 0 Å². The maximum Gasteiger partial charge on any atom is 0.192 e. The molecule has 0 aromatic heterocycles. The van der Waals surface area contributed by atoms with E-state index in [2.05, 4.69) is 67.7 Å². The van der Waals surface area contributed by atoms with Gasteiger partial charge in [-0.25, -0.2) is 0 Å². The lowest BCUT2D eigenvalue weighted by molar-refractivity contribution is -0.0867. The van der Waals surface area contributed by atoms with Crippen molar-refractivity contribution in [1.29, 1.82) is 0 Å². The minimum absolute atomic E-state index is 0.0226.